The first kappa shape index (κ1) is 17.0. The Hall–Kier alpha value is -2.39. The van der Waals surface area contributed by atoms with Crippen molar-refractivity contribution in [3.63, 3.8) is 0 Å². The molecule has 134 valence electrons. The van der Waals surface area contributed by atoms with Crippen LogP contribution in [0, 0.1) is 6.92 Å². The van der Waals surface area contributed by atoms with E-state index < -0.39 is 0 Å². The van der Waals surface area contributed by atoms with Crippen LogP contribution in [0.15, 0.2) is 54.9 Å². The summed E-state index contributed by atoms with van der Waals surface area (Å²) in [7, 11) is 2.23. The van der Waals surface area contributed by atoms with Gasteiger partial charge in [0.2, 0.25) is 0 Å². The van der Waals surface area contributed by atoms with Gasteiger partial charge in [-0.25, -0.2) is 0 Å². The summed E-state index contributed by atoms with van der Waals surface area (Å²) in [5, 5.41) is 0. The maximum absolute atomic E-state index is 4.18. The van der Waals surface area contributed by atoms with Gasteiger partial charge in [0.25, 0.3) is 0 Å². The van der Waals surface area contributed by atoms with E-state index in [9.17, 15) is 0 Å². The summed E-state index contributed by atoms with van der Waals surface area (Å²) in [5.74, 6) is 0.598. The number of likely N-dealkylation sites (tertiary alicyclic amines) is 1. The van der Waals surface area contributed by atoms with Crippen LogP contribution >= 0.6 is 0 Å². The zero-order chi connectivity index (χ0) is 18.1. The second-order valence-corrected chi connectivity index (χ2v) is 7.67. The highest BCUT2D eigenvalue weighted by Crippen LogP contribution is 2.38. The summed E-state index contributed by atoms with van der Waals surface area (Å²) in [6.07, 6.45) is 6.17. The van der Waals surface area contributed by atoms with Crippen molar-refractivity contribution in [3.8, 4) is 22.4 Å². The minimum Gasteiger partial charge on any atom is -0.358 e. The first-order chi connectivity index (χ1) is 12.6. The Bertz CT molecular complexity index is 864. The Morgan fingerprint density at radius 2 is 1.77 bits per heavy atom. The average Bonchev–Trinajstić information content (AvgIpc) is 3.11. The van der Waals surface area contributed by atoms with E-state index in [2.05, 4.69) is 78.2 Å². The van der Waals surface area contributed by atoms with Crippen molar-refractivity contribution in [2.45, 2.75) is 38.6 Å². The van der Waals surface area contributed by atoms with Gasteiger partial charge in [-0.3, -0.25) is 4.98 Å². The zero-order valence-corrected chi connectivity index (χ0v) is 15.9. The van der Waals surface area contributed by atoms with Crippen molar-refractivity contribution < 1.29 is 0 Å². The highest BCUT2D eigenvalue weighted by atomic mass is 15.1. The largest absolute Gasteiger partial charge is 0.358 e. The van der Waals surface area contributed by atoms with Crippen molar-refractivity contribution in [2.75, 3.05) is 13.6 Å². The second kappa shape index (κ2) is 7.08. The summed E-state index contributed by atoms with van der Waals surface area (Å²) in [6.45, 7) is 5.63. The smallest absolute Gasteiger partial charge is 0.0535 e. The van der Waals surface area contributed by atoms with Crippen LogP contribution in [0.4, 0.5) is 0 Å². The van der Waals surface area contributed by atoms with Crippen molar-refractivity contribution in [2.24, 2.45) is 0 Å². The molecule has 1 aromatic carbocycles. The van der Waals surface area contributed by atoms with Crippen LogP contribution in [-0.2, 0) is 0 Å². The van der Waals surface area contributed by atoms with Crippen molar-refractivity contribution in [1.82, 2.24) is 14.9 Å². The van der Waals surface area contributed by atoms with E-state index in [0.717, 1.165) is 6.54 Å². The van der Waals surface area contributed by atoms with E-state index in [1.165, 1.54) is 46.5 Å². The predicted molar refractivity (Wildman–Crippen MR) is 108 cm³/mol. The van der Waals surface area contributed by atoms with Gasteiger partial charge in [-0.2, -0.15) is 0 Å². The number of aromatic nitrogens is 2. The molecule has 26 heavy (non-hydrogen) atoms. The fourth-order valence-electron chi connectivity index (χ4n) is 3.97. The quantitative estimate of drug-likeness (QED) is 0.703. The fraction of sp³-hybridized carbons (Fsp3) is 0.348. The first-order valence-corrected chi connectivity index (χ1v) is 9.52. The number of nitrogens with zero attached hydrogens (tertiary/aromatic N) is 2. The summed E-state index contributed by atoms with van der Waals surface area (Å²) in [6, 6.07) is 16.0. The van der Waals surface area contributed by atoms with Crippen LogP contribution < -0.4 is 0 Å². The topological polar surface area (TPSA) is 31.9 Å². The SMILES string of the molecule is Cc1ccc(-c2[nH]c(C3CCN(C)C(C)C3)cc2-c2ccncc2)cc1. The molecule has 0 saturated carbocycles. The number of benzene rings is 1. The molecule has 2 aromatic heterocycles. The summed E-state index contributed by atoms with van der Waals surface area (Å²) < 4.78 is 0. The average molecular weight is 345 g/mol. The lowest BCUT2D eigenvalue weighted by molar-refractivity contribution is 0.181. The first-order valence-electron chi connectivity index (χ1n) is 9.52. The van der Waals surface area contributed by atoms with Gasteiger partial charge < -0.3 is 9.88 Å². The number of piperidine rings is 1. The van der Waals surface area contributed by atoms with E-state index in [1.54, 1.807) is 0 Å². The molecule has 2 unspecified atom stereocenters. The van der Waals surface area contributed by atoms with Crippen molar-refractivity contribution in [3.05, 3.63) is 66.1 Å². The summed E-state index contributed by atoms with van der Waals surface area (Å²) in [4.78, 5) is 10.4. The normalized spacial score (nSPS) is 21.0. The molecule has 3 heterocycles. The highest BCUT2D eigenvalue weighted by molar-refractivity contribution is 5.82. The predicted octanol–water partition coefficient (Wildman–Crippen LogP) is 5.25. The highest BCUT2D eigenvalue weighted by Gasteiger charge is 2.26. The third-order valence-electron chi connectivity index (χ3n) is 5.82. The van der Waals surface area contributed by atoms with Gasteiger partial charge in [-0.1, -0.05) is 29.8 Å². The molecule has 0 radical (unpaired) electrons. The standard InChI is InChI=1S/C23H27N3/c1-16-4-6-19(7-5-16)23-21(18-8-11-24-12-9-18)15-22(25-23)20-10-13-26(3)17(2)14-20/h4-9,11-12,15,17,20,25H,10,13-14H2,1-3H3. The second-order valence-electron chi connectivity index (χ2n) is 7.67. The van der Waals surface area contributed by atoms with Crippen molar-refractivity contribution >= 4 is 0 Å². The zero-order valence-electron chi connectivity index (χ0n) is 15.9. The summed E-state index contributed by atoms with van der Waals surface area (Å²) in [5.41, 5.74) is 7.62. The molecule has 3 aromatic rings. The Morgan fingerprint density at radius 3 is 2.46 bits per heavy atom. The van der Waals surface area contributed by atoms with E-state index in [4.69, 9.17) is 0 Å². The molecule has 0 spiro atoms. The molecule has 2 atom stereocenters. The summed E-state index contributed by atoms with van der Waals surface area (Å²) >= 11 is 0. The Labute approximate surface area is 156 Å². The van der Waals surface area contributed by atoms with Gasteiger partial charge in [-0.05, 0) is 69.6 Å². The molecule has 0 bridgehead atoms. The number of rotatable bonds is 3. The number of H-pyrrole nitrogens is 1. The van der Waals surface area contributed by atoms with Crippen LogP contribution in [-0.4, -0.2) is 34.5 Å². The number of aryl methyl sites for hydroxylation is 1. The van der Waals surface area contributed by atoms with Crippen LogP contribution in [0.3, 0.4) is 0 Å². The van der Waals surface area contributed by atoms with Gasteiger partial charge in [0.05, 0.1) is 5.69 Å². The van der Waals surface area contributed by atoms with E-state index >= 15 is 0 Å². The molecular formula is C23H27N3. The van der Waals surface area contributed by atoms with Gasteiger partial charge in [-0.15, -0.1) is 0 Å². The Kier molecular flexibility index (Phi) is 4.64. The maximum atomic E-state index is 4.18. The van der Waals surface area contributed by atoms with Crippen LogP contribution in [0.2, 0.25) is 0 Å². The molecule has 4 rings (SSSR count). The van der Waals surface area contributed by atoms with Crippen molar-refractivity contribution in [1.29, 1.82) is 0 Å². The molecular weight excluding hydrogens is 318 g/mol. The maximum Gasteiger partial charge on any atom is 0.0535 e. The molecule has 1 aliphatic heterocycles. The van der Waals surface area contributed by atoms with Gasteiger partial charge in [0, 0.05) is 35.6 Å². The van der Waals surface area contributed by atoms with E-state index in [0.29, 0.717) is 12.0 Å². The van der Waals surface area contributed by atoms with Gasteiger partial charge in [0.15, 0.2) is 0 Å². The lowest BCUT2D eigenvalue weighted by Crippen LogP contribution is -2.36. The number of hydrogen-bond donors (Lipinski definition) is 1. The number of hydrogen-bond acceptors (Lipinski definition) is 2. The van der Waals surface area contributed by atoms with Crippen LogP contribution in [0.1, 0.15) is 36.9 Å². The fourth-order valence-corrected chi connectivity index (χ4v) is 3.97. The number of nitrogens with one attached hydrogen (secondary N) is 1. The number of aromatic amines is 1. The molecule has 3 nitrogen and oxygen atoms in total. The van der Waals surface area contributed by atoms with E-state index in [1.807, 2.05) is 12.4 Å². The monoisotopic (exact) mass is 345 g/mol. The molecule has 1 aliphatic rings. The lowest BCUT2D eigenvalue weighted by Gasteiger charge is -2.34. The molecule has 0 amide bonds. The van der Waals surface area contributed by atoms with E-state index in [-0.39, 0.29) is 0 Å². The number of pyridine rings is 1. The minimum atomic E-state index is 0.598. The lowest BCUT2D eigenvalue weighted by atomic mass is 9.89. The third kappa shape index (κ3) is 3.32. The molecule has 1 saturated heterocycles. The molecule has 3 heteroatoms. The van der Waals surface area contributed by atoms with Gasteiger partial charge >= 0.3 is 0 Å². The Morgan fingerprint density at radius 1 is 1.04 bits per heavy atom. The third-order valence-corrected chi connectivity index (χ3v) is 5.82. The molecule has 1 N–H and O–H groups in total. The van der Waals surface area contributed by atoms with Crippen LogP contribution in [0.5, 0.6) is 0 Å². The molecule has 0 aliphatic carbocycles. The molecule has 1 fully saturated rings. The van der Waals surface area contributed by atoms with Gasteiger partial charge in [0.1, 0.15) is 0 Å². The minimum absolute atomic E-state index is 0.598. The van der Waals surface area contributed by atoms with Crippen LogP contribution in [0.25, 0.3) is 22.4 Å². The Balaban J connectivity index is 1.77.